The van der Waals surface area contributed by atoms with Gasteiger partial charge in [-0.25, -0.2) is 0 Å². The minimum atomic E-state index is 0.295. The van der Waals surface area contributed by atoms with E-state index in [9.17, 15) is 0 Å². The van der Waals surface area contributed by atoms with Gasteiger partial charge in [-0.2, -0.15) is 0 Å². The molecule has 0 heterocycles. The maximum absolute atomic E-state index is 8.74. The maximum Gasteiger partial charge on any atom is 0.127 e. The molecule has 0 unspecified atom stereocenters. The van der Waals surface area contributed by atoms with Crippen molar-refractivity contribution in [1.29, 1.82) is 0 Å². The van der Waals surface area contributed by atoms with Crippen LogP contribution in [0.3, 0.4) is 0 Å². The van der Waals surface area contributed by atoms with E-state index in [1.165, 1.54) is 11.1 Å². The van der Waals surface area contributed by atoms with Crippen LogP contribution in [0, 0.1) is 6.92 Å². The van der Waals surface area contributed by atoms with Gasteiger partial charge >= 0.3 is 0 Å². The lowest BCUT2D eigenvalue weighted by atomic mass is 10.1. The van der Waals surface area contributed by atoms with Gasteiger partial charge in [-0.3, -0.25) is 0 Å². The summed E-state index contributed by atoms with van der Waals surface area (Å²) < 4.78 is 5.82. The number of ether oxygens (including phenoxy) is 1. The Bertz CT molecular complexity index is 517. The van der Waals surface area contributed by atoms with Gasteiger partial charge < -0.3 is 9.84 Å². The lowest BCUT2D eigenvalue weighted by molar-refractivity contribution is 0.283. The van der Waals surface area contributed by atoms with Crippen LogP contribution in [0.2, 0.25) is 0 Å². The molecular weight excluding hydrogens is 248 g/mol. The summed E-state index contributed by atoms with van der Waals surface area (Å²) in [6, 6.07) is 16.3. The van der Waals surface area contributed by atoms with Gasteiger partial charge in [0.25, 0.3) is 0 Å². The standard InChI is InChI=1S/C18H22O2/c1-15-6-5-8-18(14-15)20-17-11-9-16(10-12-17)7-3-2-4-13-19/h5-6,8-12,14,19H,2-4,7,13H2,1H3. The van der Waals surface area contributed by atoms with E-state index in [4.69, 9.17) is 9.84 Å². The van der Waals surface area contributed by atoms with Crippen LogP contribution in [0.15, 0.2) is 48.5 Å². The lowest BCUT2D eigenvalue weighted by Crippen LogP contribution is -1.89. The number of aliphatic hydroxyl groups is 1. The van der Waals surface area contributed by atoms with E-state index in [2.05, 4.69) is 25.1 Å². The first-order valence-corrected chi connectivity index (χ1v) is 7.22. The van der Waals surface area contributed by atoms with Crippen molar-refractivity contribution >= 4 is 0 Å². The highest BCUT2D eigenvalue weighted by Gasteiger charge is 1.99. The molecule has 0 amide bonds. The smallest absolute Gasteiger partial charge is 0.127 e. The van der Waals surface area contributed by atoms with Gasteiger partial charge in [0.05, 0.1) is 0 Å². The average molecular weight is 270 g/mol. The van der Waals surface area contributed by atoms with E-state index in [0.29, 0.717) is 6.61 Å². The van der Waals surface area contributed by atoms with E-state index in [-0.39, 0.29) is 0 Å². The third-order valence-corrected chi connectivity index (χ3v) is 3.27. The number of hydrogen-bond donors (Lipinski definition) is 1. The van der Waals surface area contributed by atoms with Gasteiger partial charge in [0.15, 0.2) is 0 Å². The van der Waals surface area contributed by atoms with Crippen molar-refractivity contribution in [2.24, 2.45) is 0 Å². The van der Waals surface area contributed by atoms with E-state index < -0.39 is 0 Å². The Morgan fingerprint density at radius 3 is 2.40 bits per heavy atom. The predicted molar refractivity (Wildman–Crippen MR) is 82.3 cm³/mol. The highest BCUT2D eigenvalue weighted by Crippen LogP contribution is 2.22. The molecule has 0 saturated heterocycles. The second-order valence-corrected chi connectivity index (χ2v) is 5.10. The first-order chi connectivity index (χ1) is 9.78. The maximum atomic E-state index is 8.74. The monoisotopic (exact) mass is 270 g/mol. The molecule has 2 aromatic carbocycles. The highest BCUT2D eigenvalue weighted by atomic mass is 16.5. The molecule has 0 aliphatic rings. The fraction of sp³-hybridized carbons (Fsp3) is 0.333. The second-order valence-electron chi connectivity index (χ2n) is 5.10. The topological polar surface area (TPSA) is 29.5 Å². The molecule has 0 aliphatic carbocycles. The summed E-state index contributed by atoms with van der Waals surface area (Å²) in [4.78, 5) is 0. The molecule has 0 aromatic heterocycles. The Morgan fingerprint density at radius 1 is 0.900 bits per heavy atom. The van der Waals surface area contributed by atoms with Crippen LogP contribution in [0.25, 0.3) is 0 Å². The van der Waals surface area contributed by atoms with Crippen LogP contribution in [0.1, 0.15) is 30.4 Å². The first-order valence-electron chi connectivity index (χ1n) is 7.22. The molecule has 0 atom stereocenters. The van der Waals surface area contributed by atoms with Crippen molar-refractivity contribution in [3.05, 3.63) is 59.7 Å². The van der Waals surface area contributed by atoms with Crippen LogP contribution in [-0.4, -0.2) is 11.7 Å². The summed E-state index contributed by atoms with van der Waals surface area (Å²) >= 11 is 0. The molecule has 0 bridgehead atoms. The molecule has 2 nitrogen and oxygen atoms in total. The number of benzene rings is 2. The number of rotatable bonds is 7. The number of aliphatic hydroxyl groups excluding tert-OH is 1. The van der Waals surface area contributed by atoms with Gasteiger partial charge in [-0.15, -0.1) is 0 Å². The van der Waals surface area contributed by atoms with Crippen molar-refractivity contribution in [2.75, 3.05) is 6.61 Å². The van der Waals surface area contributed by atoms with Crippen molar-refractivity contribution in [2.45, 2.75) is 32.6 Å². The van der Waals surface area contributed by atoms with Crippen LogP contribution >= 0.6 is 0 Å². The fourth-order valence-corrected chi connectivity index (χ4v) is 2.16. The van der Waals surface area contributed by atoms with Gasteiger partial charge in [0, 0.05) is 6.61 Å². The van der Waals surface area contributed by atoms with Crippen molar-refractivity contribution < 1.29 is 9.84 Å². The van der Waals surface area contributed by atoms with Crippen LogP contribution < -0.4 is 4.74 Å². The molecule has 2 heteroatoms. The average Bonchev–Trinajstić information content (AvgIpc) is 2.45. The van der Waals surface area contributed by atoms with E-state index in [1.807, 2.05) is 30.3 Å². The van der Waals surface area contributed by atoms with E-state index >= 15 is 0 Å². The SMILES string of the molecule is Cc1cccc(Oc2ccc(CCCCCO)cc2)c1. The zero-order valence-corrected chi connectivity index (χ0v) is 12.0. The molecule has 0 aliphatic heterocycles. The molecule has 20 heavy (non-hydrogen) atoms. The molecule has 0 fully saturated rings. The molecule has 0 spiro atoms. The summed E-state index contributed by atoms with van der Waals surface area (Å²) in [5, 5.41) is 8.74. The van der Waals surface area contributed by atoms with Crippen molar-refractivity contribution in [1.82, 2.24) is 0 Å². The number of hydrogen-bond acceptors (Lipinski definition) is 2. The van der Waals surface area contributed by atoms with Crippen LogP contribution in [0.4, 0.5) is 0 Å². The number of aryl methyl sites for hydroxylation is 2. The highest BCUT2D eigenvalue weighted by molar-refractivity contribution is 5.34. The molecule has 2 rings (SSSR count). The zero-order valence-electron chi connectivity index (χ0n) is 12.0. The van der Waals surface area contributed by atoms with Gasteiger partial charge in [-0.1, -0.05) is 30.7 Å². The van der Waals surface area contributed by atoms with Crippen LogP contribution in [0.5, 0.6) is 11.5 Å². The van der Waals surface area contributed by atoms with Gasteiger partial charge in [0.1, 0.15) is 11.5 Å². The molecule has 2 aromatic rings. The van der Waals surface area contributed by atoms with Gasteiger partial charge in [-0.05, 0) is 61.6 Å². The number of unbranched alkanes of at least 4 members (excludes halogenated alkanes) is 2. The quantitative estimate of drug-likeness (QED) is 0.751. The second kappa shape index (κ2) is 7.71. The Morgan fingerprint density at radius 2 is 1.70 bits per heavy atom. The molecular formula is C18H22O2. The zero-order chi connectivity index (χ0) is 14.2. The normalized spacial score (nSPS) is 10.5. The molecule has 1 N–H and O–H groups in total. The summed E-state index contributed by atoms with van der Waals surface area (Å²) in [7, 11) is 0. The molecule has 0 radical (unpaired) electrons. The lowest BCUT2D eigenvalue weighted by Gasteiger charge is -2.07. The Hall–Kier alpha value is -1.80. The molecule has 0 saturated carbocycles. The summed E-state index contributed by atoms with van der Waals surface area (Å²) in [6.45, 7) is 2.35. The minimum absolute atomic E-state index is 0.295. The van der Waals surface area contributed by atoms with E-state index in [0.717, 1.165) is 37.2 Å². The third-order valence-electron chi connectivity index (χ3n) is 3.27. The largest absolute Gasteiger partial charge is 0.457 e. The van der Waals surface area contributed by atoms with Crippen LogP contribution in [-0.2, 0) is 6.42 Å². The summed E-state index contributed by atoms with van der Waals surface area (Å²) in [5.41, 5.74) is 2.52. The Balaban J connectivity index is 1.88. The van der Waals surface area contributed by atoms with Crippen molar-refractivity contribution in [3.8, 4) is 11.5 Å². The Labute approximate surface area is 121 Å². The van der Waals surface area contributed by atoms with Gasteiger partial charge in [0.2, 0.25) is 0 Å². The fourth-order valence-electron chi connectivity index (χ4n) is 2.16. The summed E-state index contributed by atoms with van der Waals surface area (Å²) in [5.74, 6) is 1.75. The minimum Gasteiger partial charge on any atom is -0.457 e. The molecule has 106 valence electrons. The summed E-state index contributed by atoms with van der Waals surface area (Å²) in [6.07, 6.45) is 4.16. The van der Waals surface area contributed by atoms with Crippen molar-refractivity contribution in [3.63, 3.8) is 0 Å². The Kier molecular flexibility index (Phi) is 5.63. The third kappa shape index (κ3) is 4.71. The predicted octanol–water partition coefficient (Wildman–Crippen LogP) is 4.49. The van der Waals surface area contributed by atoms with E-state index in [1.54, 1.807) is 0 Å². The first kappa shape index (κ1) is 14.6.